The van der Waals surface area contributed by atoms with E-state index in [1.54, 1.807) is 0 Å². The van der Waals surface area contributed by atoms with Gasteiger partial charge in [0.25, 0.3) is 0 Å². The molecule has 6 heteroatoms. The predicted octanol–water partition coefficient (Wildman–Crippen LogP) is 21.9. The summed E-state index contributed by atoms with van der Waals surface area (Å²) in [5.41, 5.74) is 0. The molecule has 0 fully saturated rings. The number of hydrogen-bond acceptors (Lipinski definition) is 6. The lowest BCUT2D eigenvalue weighted by molar-refractivity contribution is -0.167. The highest BCUT2D eigenvalue weighted by molar-refractivity contribution is 5.71. The average Bonchev–Trinajstić information content (AvgIpc) is 3.40. The molecule has 6 nitrogen and oxygen atoms in total. The summed E-state index contributed by atoms with van der Waals surface area (Å²) >= 11 is 0. The van der Waals surface area contributed by atoms with E-state index < -0.39 is 6.10 Å². The van der Waals surface area contributed by atoms with Gasteiger partial charge in [0.2, 0.25) is 0 Å². The number of ether oxygens (including phenoxy) is 3. The maximum absolute atomic E-state index is 12.9. The normalized spacial score (nSPS) is 12.4. The minimum Gasteiger partial charge on any atom is -0.462 e. The van der Waals surface area contributed by atoms with Gasteiger partial charge < -0.3 is 14.2 Å². The van der Waals surface area contributed by atoms with Crippen molar-refractivity contribution in [3.63, 3.8) is 0 Å². The van der Waals surface area contributed by atoms with Gasteiger partial charge in [-0.05, 0) is 109 Å². The van der Waals surface area contributed by atoms with E-state index in [9.17, 15) is 14.4 Å². The van der Waals surface area contributed by atoms with E-state index in [4.69, 9.17) is 14.2 Å². The van der Waals surface area contributed by atoms with Crippen LogP contribution in [0, 0.1) is 0 Å². The van der Waals surface area contributed by atoms with E-state index in [2.05, 4.69) is 81.5 Å². The number of hydrogen-bond donors (Lipinski definition) is 0. The largest absolute Gasteiger partial charge is 0.462 e. The zero-order valence-corrected chi connectivity index (χ0v) is 49.4. The van der Waals surface area contributed by atoms with Gasteiger partial charge in [-0.25, -0.2) is 0 Å². The quantitative estimate of drug-likeness (QED) is 0.0261. The molecule has 0 heterocycles. The molecule has 0 aromatic heterocycles. The number of unbranched alkanes of at least 4 members (excludes halogenated alkanes) is 38. The highest BCUT2D eigenvalue weighted by Gasteiger charge is 2.19. The summed E-state index contributed by atoms with van der Waals surface area (Å²) in [6.45, 7) is 6.65. The first-order chi connectivity index (χ1) is 36.5. The van der Waals surface area contributed by atoms with Gasteiger partial charge in [-0.1, -0.05) is 268 Å². The summed E-state index contributed by atoms with van der Waals surface area (Å²) in [6.07, 6.45) is 79.3. The van der Waals surface area contributed by atoms with E-state index >= 15 is 0 Å². The van der Waals surface area contributed by atoms with Crippen molar-refractivity contribution in [2.24, 2.45) is 0 Å². The molecule has 0 amide bonds. The Balaban J connectivity index is 4.39. The lowest BCUT2D eigenvalue weighted by Crippen LogP contribution is -2.30. The molecular weight excluding hydrogens is 913 g/mol. The maximum atomic E-state index is 12.9. The van der Waals surface area contributed by atoms with Crippen LogP contribution in [-0.4, -0.2) is 37.2 Å². The Hall–Kier alpha value is -2.89. The zero-order valence-electron chi connectivity index (χ0n) is 49.4. The fourth-order valence-electron chi connectivity index (χ4n) is 9.32. The number of rotatable bonds is 59. The minimum absolute atomic E-state index is 0.0809. The van der Waals surface area contributed by atoms with E-state index in [0.717, 1.165) is 77.0 Å². The van der Waals surface area contributed by atoms with E-state index in [-0.39, 0.29) is 31.1 Å². The van der Waals surface area contributed by atoms with Crippen molar-refractivity contribution in [1.29, 1.82) is 0 Å². The summed E-state index contributed by atoms with van der Waals surface area (Å²) < 4.78 is 16.9. The van der Waals surface area contributed by atoms with Crippen LogP contribution in [0.1, 0.15) is 335 Å². The lowest BCUT2D eigenvalue weighted by Gasteiger charge is -2.18. The summed E-state index contributed by atoms with van der Waals surface area (Å²) in [4.78, 5) is 38.3. The van der Waals surface area contributed by atoms with E-state index in [0.29, 0.717) is 19.3 Å². The van der Waals surface area contributed by atoms with E-state index in [1.807, 2.05) is 0 Å². The van der Waals surface area contributed by atoms with Gasteiger partial charge in [-0.3, -0.25) is 14.4 Å². The Bertz CT molecular complexity index is 1330. The first-order valence-electron chi connectivity index (χ1n) is 32.3. The molecule has 0 saturated carbocycles. The van der Waals surface area contributed by atoms with Crippen LogP contribution < -0.4 is 0 Å². The molecule has 0 aliphatic rings. The second-order valence-corrected chi connectivity index (χ2v) is 21.7. The van der Waals surface area contributed by atoms with Crippen molar-refractivity contribution >= 4 is 17.9 Å². The third-order valence-electron chi connectivity index (χ3n) is 14.2. The van der Waals surface area contributed by atoms with E-state index in [1.165, 1.54) is 218 Å². The second-order valence-electron chi connectivity index (χ2n) is 21.7. The summed E-state index contributed by atoms with van der Waals surface area (Å²) in [6, 6.07) is 0. The monoisotopic (exact) mass is 1030 g/mol. The van der Waals surface area contributed by atoms with Gasteiger partial charge in [0.1, 0.15) is 13.2 Å². The first-order valence-corrected chi connectivity index (χ1v) is 32.3. The van der Waals surface area contributed by atoms with Crippen molar-refractivity contribution in [2.45, 2.75) is 341 Å². The Morgan fingerprint density at radius 3 is 0.770 bits per heavy atom. The van der Waals surface area contributed by atoms with Crippen molar-refractivity contribution in [2.75, 3.05) is 13.2 Å². The van der Waals surface area contributed by atoms with Crippen LogP contribution in [0.15, 0.2) is 60.8 Å². The summed E-state index contributed by atoms with van der Waals surface area (Å²) in [7, 11) is 0. The van der Waals surface area contributed by atoms with Crippen molar-refractivity contribution in [1.82, 2.24) is 0 Å². The van der Waals surface area contributed by atoms with Crippen LogP contribution in [0.3, 0.4) is 0 Å². The Morgan fingerprint density at radius 1 is 0.270 bits per heavy atom. The molecular formula is C68H122O6. The Morgan fingerprint density at radius 2 is 0.486 bits per heavy atom. The van der Waals surface area contributed by atoms with Crippen LogP contribution in [0.2, 0.25) is 0 Å². The van der Waals surface area contributed by atoms with Gasteiger partial charge in [0.05, 0.1) is 0 Å². The molecule has 74 heavy (non-hydrogen) atoms. The highest BCUT2D eigenvalue weighted by atomic mass is 16.6. The Kier molecular flexibility index (Phi) is 60.2. The van der Waals surface area contributed by atoms with Crippen LogP contribution in [0.5, 0.6) is 0 Å². The minimum atomic E-state index is -0.785. The van der Waals surface area contributed by atoms with Crippen molar-refractivity contribution in [3.05, 3.63) is 60.8 Å². The number of allylic oxidation sites excluding steroid dienone is 10. The molecule has 0 N–H and O–H groups in total. The van der Waals surface area contributed by atoms with Crippen LogP contribution in [-0.2, 0) is 28.6 Å². The third-order valence-corrected chi connectivity index (χ3v) is 14.2. The SMILES string of the molecule is CCCCCCC/C=C\C/C=C\C/C=C\CCCCCCCCC(=O)OCC(COC(=O)CCCCCCCCC/C=C\CCCCCCCC)OC(=O)CCCCCCCCC/C=C\CCCCCCCCC. The molecule has 0 aromatic carbocycles. The molecule has 0 saturated heterocycles. The third kappa shape index (κ3) is 60.0. The smallest absolute Gasteiger partial charge is 0.306 e. The van der Waals surface area contributed by atoms with Gasteiger partial charge >= 0.3 is 17.9 Å². The number of carbonyl (C=O) groups is 3. The first kappa shape index (κ1) is 71.1. The van der Waals surface area contributed by atoms with Crippen LogP contribution in [0.4, 0.5) is 0 Å². The zero-order chi connectivity index (χ0) is 53.6. The molecule has 0 spiro atoms. The number of carbonyl (C=O) groups excluding carboxylic acids is 3. The van der Waals surface area contributed by atoms with Gasteiger partial charge in [0.15, 0.2) is 6.10 Å². The maximum Gasteiger partial charge on any atom is 0.306 e. The fourth-order valence-corrected chi connectivity index (χ4v) is 9.32. The van der Waals surface area contributed by atoms with Gasteiger partial charge in [-0.15, -0.1) is 0 Å². The molecule has 430 valence electrons. The molecule has 0 radical (unpaired) electrons. The van der Waals surface area contributed by atoms with Crippen molar-refractivity contribution in [3.8, 4) is 0 Å². The molecule has 0 aliphatic heterocycles. The average molecular weight is 1040 g/mol. The lowest BCUT2D eigenvalue weighted by atomic mass is 10.1. The molecule has 0 aromatic rings. The molecule has 0 bridgehead atoms. The standard InChI is InChI=1S/C68H122O6/c1-4-7-10-13-16-19-22-25-28-31-33-34-35-38-40-43-46-49-52-55-58-61-67(70)73-64-65(63-72-66(69)60-57-54-51-48-45-42-39-36-30-27-24-21-18-15-12-9-6-3)74-68(71)62-59-56-53-50-47-44-41-37-32-29-26-23-20-17-14-11-8-5-2/h22,25,27,29-33,35,38,65H,4-21,23-24,26,28,34,36-37,39-64H2,1-3H3/b25-22-,30-27-,32-29-,33-31-,38-35-. The molecule has 0 rings (SSSR count). The fraction of sp³-hybridized carbons (Fsp3) is 0.809. The molecule has 0 aliphatic carbocycles. The second kappa shape index (κ2) is 62.6. The van der Waals surface area contributed by atoms with Crippen LogP contribution in [0.25, 0.3) is 0 Å². The predicted molar refractivity (Wildman–Crippen MR) is 321 cm³/mol. The van der Waals surface area contributed by atoms with Gasteiger partial charge in [0, 0.05) is 19.3 Å². The van der Waals surface area contributed by atoms with Crippen molar-refractivity contribution < 1.29 is 28.6 Å². The summed E-state index contributed by atoms with van der Waals surface area (Å²) in [5.74, 6) is -0.885. The van der Waals surface area contributed by atoms with Gasteiger partial charge in [-0.2, -0.15) is 0 Å². The summed E-state index contributed by atoms with van der Waals surface area (Å²) in [5, 5.41) is 0. The molecule has 1 unspecified atom stereocenters. The number of esters is 3. The van der Waals surface area contributed by atoms with Crippen LogP contribution >= 0.6 is 0 Å². The topological polar surface area (TPSA) is 78.9 Å². The Labute approximate surface area is 460 Å². The highest BCUT2D eigenvalue weighted by Crippen LogP contribution is 2.16. The molecule has 1 atom stereocenters.